The molecule has 2 N–H and O–H groups in total. The van der Waals surface area contributed by atoms with Gasteiger partial charge in [-0.15, -0.1) is 11.3 Å². The van der Waals surface area contributed by atoms with Gasteiger partial charge in [-0.3, -0.25) is 4.79 Å². The van der Waals surface area contributed by atoms with E-state index < -0.39 is 0 Å². The number of hydrogen-bond donors (Lipinski definition) is 1. The Morgan fingerprint density at radius 3 is 2.55 bits per heavy atom. The summed E-state index contributed by atoms with van der Waals surface area (Å²) in [6.07, 6.45) is 1.10. The van der Waals surface area contributed by atoms with E-state index in [0.717, 1.165) is 34.8 Å². The van der Waals surface area contributed by atoms with Crippen LogP contribution in [0.15, 0.2) is 17.5 Å². The van der Waals surface area contributed by atoms with Crippen LogP contribution in [-0.4, -0.2) is 10.5 Å². The van der Waals surface area contributed by atoms with Crippen molar-refractivity contribution in [3.8, 4) is 10.4 Å². The zero-order valence-corrected chi connectivity index (χ0v) is 13.4. The van der Waals surface area contributed by atoms with Crippen LogP contribution in [0.1, 0.15) is 42.0 Å². The molecule has 0 atom stereocenters. The molecule has 0 aromatic carbocycles. The van der Waals surface area contributed by atoms with Crippen LogP contribution in [0.4, 0.5) is 0 Å². The van der Waals surface area contributed by atoms with E-state index >= 15 is 0 Å². The van der Waals surface area contributed by atoms with Crippen LogP contribution in [0.2, 0.25) is 0 Å². The van der Waals surface area contributed by atoms with Gasteiger partial charge < -0.3 is 10.3 Å². The fraction of sp³-hybridized carbons (Fsp3) is 0.438. The Labute approximate surface area is 124 Å². The van der Waals surface area contributed by atoms with Crippen molar-refractivity contribution in [3.05, 3.63) is 34.5 Å². The highest BCUT2D eigenvalue weighted by Gasteiger charge is 2.22. The van der Waals surface area contributed by atoms with Gasteiger partial charge in [-0.2, -0.15) is 0 Å². The zero-order valence-electron chi connectivity index (χ0n) is 12.6. The van der Waals surface area contributed by atoms with Crippen LogP contribution in [-0.2, 0) is 6.54 Å². The second kappa shape index (κ2) is 5.83. The first-order valence-corrected chi connectivity index (χ1v) is 7.84. The van der Waals surface area contributed by atoms with Crippen LogP contribution in [0, 0.1) is 19.8 Å². The first kappa shape index (κ1) is 14.9. The molecule has 3 nitrogen and oxygen atoms in total. The predicted octanol–water partition coefficient (Wildman–Crippen LogP) is 3.98. The molecule has 0 aliphatic heterocycles. The Balaban J connectivity index is 2.56. The van der Waals surface area contributed by atoms with Gasteiger partial charge in [-0.1, -0.05) is 19.9 Å². The van der Waals surface area contributed by atoms with E-state index in [4.69, 9.17) is 5.73 Å². The number of aromatic nitrogens is 1. The first-order valence-electron chi connectivity index (χ1n) is 6.96. The lowest BCUT2D eigenvalue weighted by molar-refractivity contribution is 0.1000. The molecule has 0 spiro atoms. The monoisotopic (exact) mass is 290 g/mol. The van der Waals surface area contributed by atoms with Gasteiger partial charge in [0.2, 0.25) is 0 Å². The average Bonchev–Trinajstić information content (AvgIpc) is 2.94. The second-order valence-electron chi connectivity index (χ2n) is 5.60. The van der Waals surface area contributed by atoms with E-state index in [2.05, 4.69) is 25.3 Å². The Morgan fingerprint density at radius 1 is 1.35 bits per heavy atom. The lowest BCUT2D eigenvalue weighted by Crippen LogP contribution is -2.13. The topological polar surface area (TPSA) is 48.0 Å². The quantitative estimate of drug-likeness (QED) is 0.889. The minimum Gasteiger partial charge on any atom is -0.366 e. The molecule has 1 amide bonds. The number of nitrogens with zero attached hydrogens (tertiary/aromatic N) is 1. The van der Waals surface area contributed by atoms with Gasteiger partial charge in [0.15, 0.2) is 0 Å². The summed E-state index contributed by atoms with van der Waals surface area (Å²) in [7, 11) is 0. The van der Waals surface area contributed by atoms with Gasteiger partial charge in [0.05, 0.1) is 5.56 Å². The van der Waals surface area contributed by atoms with Crippen LogP contribution < -0.4 is 5.73 Å². The fourth-order valence-electron chi connectivity index (χ4n) is 2.63. The summed E-state index contributed by atoms with van der Waals surface area (Å²) in [5.41, 5.74) is 9.42. The number of amides is 1. The molecule has 108 valence electrons. The first-order chi connectivity index (χ1) is 9.43. The fourth-order valence-corrected chi connectivity index (χ4v) is 3.46. The molecule has 0 aliphatic carbocycles. The third kappa shape index (κ3) is 2.66. The normalized spacial score (nSPS) is 11.2. The number of hydrogen-bond acceptors (Lipinski definition) is 2. The summed E-state index contributed by atoms with van der Waals surface area (Å²) < 4.78 is 2.23. The average molecular weight is 290 g/mol. The number of carbonyl (C=O) groups excluding carboxylic acids is 1. The van der Waals surface area contributed by atoms with Crippen LogP contribution in [0.3, 0.4) is 0 Å². The molecule has 2 aromatic rings. The van der Waals surface area contributed by atoms with Crippen molar-refractivity contribution in [1.29, 1.82) is 0 Å². The minimum absolute atomic E-state index is 0.336. The van der Waals surface area contributed by atoms with Crippen molar-refractivity contribution in [1.82, 2.24) is 4.57 Å². The van der Waals surface area contributed by atoms with Gasteiger partial charge in [0, 0.05) is 28.4 Å². The molecule has 2 aromatic heterocycles. The molecule has 0 unspecified atom stereocenters. The Bertz CT molecular complexity index is 609. The summed E-state index contributed by atoms with van der Waals surface area (Å²) in [6.45, 7) is 9.42. The molecule has 2 rings (SSSR count). The molecule has 0 radical (unpaired) electrons. The molecular weight excluding hydrogens is 268 g/mol. The molecule has 0 bridgehead atoms. The van der Waals surface area contributed by atoms with Crippen molar-refractivity contribution < 1.29 is 4.79 Å². The largest absolute Gasteiger partial charge is 0.366 e. The molecule has 4 heteroatoms. The molecule has 20 heavy (non-hydrogen) atoms. The van der Waals surface area contributed by atoms with E-state index in [9.17, 15) is 4.79 Å². The maximum atomic E-state index is 11.9. The maximum Gasteiger partial charge on any atom is 0.251 e. The molecular formula is C16H22N2OS. The molecule has 0 aliphatic rings. The van der Waals surface area contributed by atoms with E-state index in [-0.39, 0.29) is 5.91 Å². The lowest BCUT2D eigenvalue weighted by atomic mass is 10.1. The number of carbonyl (C=O) groups is 1. The summed E-state index contributed by atoms with van der Waals surface area (Å²) in [4.78, 5) is 13.0. The standard InChI is InChI=1S/C16H22N2OS/c1-10(2)7-8-18-11(3)14(13-6-5-9-20-13)15(12(18)4)16(17)19/h5-6,9-10H,7-8H2,1-4H3,(H2,17,19). The Morgan fingerprint density at radius 2 is 2.05 bits per heavy atom. The van der Waals surface area contributed by atoms with Crippen molar-refractivity contribution >= 4 is 17.2 Å². The van der Waals surface area contributed by atoms with Crippen LogP contribution in [0.5, 0.6) is 0 Å². The van der Waals surface area contributed by atoms with E-state index in [1.54, 1.807) is 11.3 Å². The van der Waals surface area contributed by atoms with E-state index in [0.29, 0.717) is 11.5 Å². The van der Waals surface area contributed by atoms with Gasteiger partial charge in [-0.25, -0.2) is 0 Å². The van der Waals surface area contributed by atoms with Gasteiger partial charge in [0.25, 0.3) is 5.91 Å². The van der Waals surface area contributed by atoms with E-state index in [1.807, 2.05) is 24.4 Å². The number of primary amides is 1. The maximum absolute atomic E-state index is 11.9. The van der Waals surface area contributed by atoms with Gasteiger partial charge >= 0.3 is 0 Å². The smallest absolute Gasteiger partial charge is 0.251 e. The summed E-state index contributed by atoms with van der Waals surface area (Å²) in [6, 6.07) is 4.05. The van der Waals surface area contributed by atoms with Crippen LogP contribution >= 0.6 is 11.3 Å². The molecule has 0 fully saturated rings. The highest BCUT2D eigenvalue weighted by atomic mass is 32.1. The number of nitrogens with two attached hydrogens (primary N) is 1. The third-order valence-corrected chi connectivity index (χ3v) is 4.61. The Kier molecular flexibility index (Phi) is 4.33. The summed E-state index contributed by atoms with van der Waals surface area (Å²) in [5, 5.41) is 2.03. The molecule has 0 saturated heterocycles. The predicted molar refractivity (Wildman–Crippen MR) is 85.2 cm³/mol. The number of thiophene rings is 1. The summed E-state index contributed by atoms with van der Waals surface area (Å²) >= 11 is 1.65. The van der Waals surface area contributed by atoms with Gasteiger partial charge in [-0.05, 0) is 37.6 Å². The van der Waals surface area contributed by atoms with Crippen LogP contribution in [0.25, 0.3) is 10.4 Å². The summed E-state index contributed by atoms with van der Waals surface area (Å²) in [5.74, 6) is 0.302. The lowest BCUT2D eigenvalue weighted by Gasteiger charge is -2.11. The van der Waals surface area contributed by atoms with Gasteiger partial charge in [0.1, 0.15) is 0 Å². The highest BCUT2D eigenvalue weighted by molar-refractivity contribution is 7.13. The Hall–Kier alpha value is -1.55. The zero-order chi connectivity index (χ0) is 14.9. The molecule has 0 saturated carbocycles. The molecule has 2 heterocycles. The van der Waals surface area contributed by atoms with Crippen molar-refractivity contribution in [2.75, 3.05) is 0 Å². The van der Waals surface area contributed by atoms with Crippen molar-refractivity contribution in [2.24, 2.45) is 11.7 Å². The highest BCUT2D eigenvalue weighted by Crippen LogP contribution is 2.35. The third-order valence-electron chi connectivity index (χ3n) is 3.73. The second-order valence-corrected chi connectivity index (χ2v) is 6.54. The van der Waals surface area contributed by atoms with Crippen molar-refractivity contribution in [2.45, 2.75) is 40.7 Å². The minimum atomic E-state index is -0.336. The SMILES string of the molecule is Cc1c(C(N)=O)c(-c2cccs2)c(C)n1CCC(C)C. The number of rotatable bonds is 5. The van der Waals surface area contributed by atoms with E-state index in [1.165, 1.54) is 0 Å². The van der Waals surface area contributed by atoms with Crippen molar-refractivity contribution in [3.63, 3.8) is 0 Å².